The fraction of sp³-hybridized carbons (Fsp3) is 0.793. The van der Waals surface area contributed by atoms with Crippen molar-refractivity contribution in [3.8, 4) is 0 Å². The fourth-order valence-electron chi connectivity index (χ4n) is 5.33. The predicted molar refractivity (Wildman–Crippen MR) is 142 cm³/mol. The molecule has 3 rings (SSSR count). The fourth-order valence-corrected chi connectivity index (χ4v) is 6.55. The Kier molecular flexibility index (Phi) is 13.3. The molecule has 1 aromatic rings. The minimum absolute atomic E-state index is 0.0411. The van der Waals surface area contributed by atoms with E-state index >= 15 is 0 Å². The van der Waals surface area contributed by atoms with Gasteiger partial charge in [-0.1, -0.05) is 76.0 Å². The number of hydrogen-bond acceptors (Lipinski definition) is 5. The Morgan fingerprint density at radius 2 is 1.54 bits per heavy atom. The van der Waals surface area contributed by atoms with E-state index in [0.29, 0.717) is 12.5 Å². The van der Waals surface area contributed by atoms with E-state index in [1.165, 1.54) is 56.9 Å². The largest absolute Gasteiger partial charge is 0.371 e. The van der Waals surface area contributed by atoms with Gasteiger partial charge in [-0.2, -0.15) is 0 Å². The second-order valence-corrected chi connectivity index (χ2v) is 11.9. The third-order valence-corrected chi connectivity index (χ3v) is 8.89. The first-order valence-electron chi connectivity index (χ1n) is 14.0. The van der Waals surface area contributed by atoms with Crippen molar-refractivity contribution in [1.29, 1.82) is 0 Å². The van der Waals surface area contributed by atoms with Crippen LogP contribution < -0.4 is 0 Å². The van der Waals surface area contributed by atoms with Gasteiger partial charge < -0.3 is 18.9 Å². The monoisotopic (exact) mass is 508 g/mol. The van der Waals surface area contributed by atoms with Crippen LogP contribution in [0.3, 0.4) is 0 Å². The molecule has 2 aliphatic heterocycles. The van der Waals surface area contributed by atoms with Gasteiger partial charge in [0.15, 0.2) is 0 Å². The van der Waals surface area contributed by atoms with Crippen molar-refractivity contribution in [1.82, 2.24) is 0 Å². The molecule has 2 heterocycles. The van der Waals surface area contributed by atoms with Crippen LogP contribution in [0.4, 0.5) is 0 Å². The molecule has 0 saturated carbocycles. The minimum atomic E-state index is -1.03. The number of hydrogen-bond donors (Lipinski definition) is 0. The van der Waals surface area contributed by atoms with Gasteiger partial charge in [0.1, 0.15) is 6.79 Å². The summed E-state index contributed by atoms with van der Waals surface area (Å²) in [6.45, 7) is 4.64. The number of ether oxygens (including phenoxy) is 4. The van der Waals surface area contributed by atoms with Crippen molar-refractivity contribution in [2.75, 3.05) is 19.7 Å². The molecule has 0 aliphatic carbocycles. The van der Waals surface area contributed by atoms with E-state index in [1.807, 2.05) is 31.2 Å². The van der Waals surface area contributed by atoms with E-state index in [-0.39, 0.29) is 30.5 Å². The third kappa shape index (κ3) is 9.88. The molecule has 35 heavy (non-hydrogen) atoms. The first-order chi connectivity index (χ1) is 17.1. The highest BCUT2D eigenvalue weighted by Crippen LogP contribution is 2.34. The SMILES string of the molecule is CCCCCCCCCC[C@@H]1O[C@H]([C@@H]2CC[C@H](C[S@](=O)c3ccc(C)cc3)O2)CC[C@H]1OCOC. The van der Waals surface area contributed by atoms with E-state index in [2.05, 4.69) is 6.92 Å². The molecule has 0 unspecified atom stereocenters. The van der Waals surface area contributed by atoms with Crippen molar-refractivity contribution in [3.05, 3.63) is 29.8 Å². The summed E-state index contributed by atoms with van der Waals surface area (Å²) in [5, 5.41) is 0. The Labute approximate surface area is 216 Å². The summed E-state index contributed by atoms with van der Waals surface area (Å²) >= 11 is 0. The summed E-state index contributed by atoms with van der Waals surface area (Å²) < 4.78 is 37.0. The van der Waals surface area contributed by atoms with Crippen LogP contribution in [0.5, 0.6) is 0 Å². The second-order valence-electron chi connectivity index (χ2n) is 10.4. The van der Waals surface area contributed by atoms with Crippen LogP contribution in [-0.4, -0.2) is 54.4 Å². The van der Waals surface area contributed by atoms with Gasteiger partial charge in [0.05, 0.1) is 47.1 Å². The number of unbranched alkanes of at least 4 members (excludes halogenated alkanes) is 7. The molecule has 6 heteroatoms. The summed E-state index contributed by atoms with van der Waals surface area (Å²) in [7, 11) is 0.647. The lowest BCUT2D eigenvalue weighted by molar-refractivity contribution is -0.195. The molecule has 200 valence electrons. The zero-order chi connectivity index (χ0) is 24.9. The zero-order valence-corrected chi connectivity index (χ0v) is 23.1. The summed E-state index contributed by atoms with van der Waals surface area (Å²) in [5.41, 5.74) is 1.19. The van der Waals surface area contributed by atoms with Gasteiger partial charge in [-0.25, -0.2) is 0 Å². The molecule has 0 aromatic heterocycles. The highest BCUT2D eigenvalue weighted by Gasteiger charge is 2.39. The van der Waals surface area contributed by atoms with Crippen LogP contribution in [0.1, 0.15) is 96.0 Å². The molecule has 2 fully saturated rings. The van der Waals surface area contributed by atoms with Gasteiger partial charge in [0.2, 0.25) is 0 Å². The van der Waals surface area contributed by atoms with Crippen LogP contribution in [0, 0.1) is 6.92 Å². The highest BCUT2D eigenvalue weighted by molar-refractivity contribution is 7.85. The van der Waals surface area contributed by atoms with E-state index in [4.69, 9.17) is 18.9 Å². The number of methoxy groups -OCH3 is 1. The highest BCUT2D eigenvalue weighted by atomic mass is 32.2. The van der Waals surface area contributed by atoms with Crippen molar-refractivity contribution in [2.24, 2.45) is 0 Å². The quantitative estimate of drug-likeness (QED) is 0.183. The summed E-state index contributed by atoms with van der Waals surface area (Å²) in [4.78, 5) is 0.889. The molecule has 0 amide bonds. The molecule has 0 bridgehead atoms. The number of rotatable bonds is 16. The maximum absolute atomic E-state index is 12.8. The number of benzene rings is 1. The van der Waals surface area contributed by atoms with Gasteiger partial charge in [-0.05, 0) is 51.2 Å². The molecule has 5 nitrogen and oxygen atoms in total. The predicted octanol–water partition coefficient (Wildman–Crippen LogP) is 6.72. The van der Waals surface area contributed by atoms with Crippen molar-refractivity contribution in [2.45, 2.75) is 133 Å². The lowest BCUT2D eigenvalue weighted by Crippen LogP contribution is -2.45. The molecule has 6 atom stereocenters. The molecule has 0 N–H and O–H groups in total. The van der Waals surface area contributed by atoms with Crippen molar-refractivity contribution >= 4 is 10.8 Å². The topological polar surface area (TPSA) is 54.0 Å². The zero-order valence-electron chi connectivity index (χ0n) is 22.3. The molecule has 2 saturated heterocycles. The van der Waals surface area contributed by atoms with Crippen LogP contribution in [0.25, 0.3) is 0 Å². The van der Waals surface area contributed by atoms with E-state index < -0.39 is 10.8 Å². The van der Waals surface area contributed by atoms with Crippen LogP contribution >= 0.6 is 0 Å². The first kappa shape index (κ1) is 28.8. The van der Waals surface area contributed by atoms with E-state index in [0.717, 1.165) is 37.0 Å². The Bertz CT molecular complexity index is 724. The smallest absolute Gasteiger partial charge is 0.146 e. The Balaban J connectivity index is 1.43. The average Bonchev–Trinajstić information content (AvgIpc) is 3.33. The molecular formula is C29H48O5S. The molecule has 1 aromatic carbocycles. The molecule has 2 aliphatic rings. The van der Waals surface area contributed by atoms with Crippen molar-refractivity contribution in [3.63, 3.8) is 0 Å². The minimum Gasteiger partial charge on any atom is -0.371 e. The van der Waals surface area contributed by atoms with Gasteiger partial charge in [-0.3, -0.25) is 4.21 Å². The lowest BCUT2D eigenvalue weighted by atomic mass is 9.93. The van der Waals surface area contributed by atoms with Gasteiger partial charge in [0, 0.05) is 12.0 Å². The molecular weight excluding hydrogens is 460 g/mol. The Morgan fingerprint density at radius 3 is 2.26 bits per heavy atom. The van der Waals surface area contributed by atoms with Gasteiger partial charge in [-0.15, -0.1) is 0 Å². The lowest BCUT2D eigenvalue weighted by Gasteiger charge is -2.38. The van der Waals surface area contributed by atoms with E-state index in [9.17, 15) is 4.21 Å². The Hall–Kier alpha value is -0.790. The van der Waals surface area contributed by atoms with E-state index in [1.54, 1.807) is 7.11 Å². The Morgan fingerprint density at radius 1 is 0.886 bits per heavy atom. The summed E-state index contributed by atoms with van der Waals surface area (Å²) in [6.07, 6.45) is 15.9. The van der Waals surface area contributed by atoms with Crippen LogP contribution in [0.2, 0.25) is 0 Å². The van der Waals surface area contributed by atoms with Crippen LogP contribution in [-0.2, 0) is 29.7 Å². The molecule has 0 spiro atoms. The normalized spacial score (nSPS) is 27.8. The second kappa shape index (κ2) is 16.1. The third-order valence-electron chi connectivity index (χ3n) is 7.42. The van der Waals surface area contributed by atoms with Crippen LogP contribution in [0.15, 0.2) is 29.2 Å². The first-order valence-corrected chi connectivity index (χ1v) is 15.3. The maximum Gasteiger partial charge on any atom is 0.146 e. The maximum atomic E-state index is 12.8. The van der Waals surface area contributed by atoms with Gasteiger partial charge >= 0.3 is 0 Å². The standard InChI is InChI=1S/C29H48O5S/c1-4-5-6-7-8-9-10-11-12-27-26(32-22-31-3)19-20-29(34-27)28-18-15-24(33-28)21-35(30)25-16-13-23(2)14-17-25/h13-14,16-17,24,26-29H,4-12,15,18-22H2,1-3H3/t24-,26-,27+,28+,29+,35+/m1/s1. The van der Waals surface area contributed by atoms with Crippen molar-refractivity contribution < 1.29 is 23.2 Å². The van der Waals surface area contributed by atoms with Gasteiger partial charge in [0.25, 0.3) is 0 Å². The molecule has 0 radical (unpaired) electrons. The number of aryl methyl sites for hydroxylation is 1. The summed E-state index contributed by atoms with van der Waals surface area (Å²) in [5.74, 6) is 0.563. The summed E-state index contributed by atoms with van der Waals surface area (Å²) in [6, 6.07) is 7.99. The average molecular weight is 509 g/mol.